The van der Waals surface area contributed by atoms with Crippen molar-refractivity contribution in [1.82, 2.24) is 0 Å². The molecule has 0 unspecified atom stereocenters. The zero-order chi connectivity index (χ0) is 16.4. The Bertz CT molecular complexity index is 734. The van der Waals surface area contributed by atoms with Crippen LogP contribution in [0.15, 0.2) is 42.5 Å². The molecule has 4 heteroatoms. The van der Waals surface area contributed by atoms with Gasteiger partial charge in [0.2, 0.25) is 0 Å². The highest BCUT2D eigenvalue weighted by atomic mass is 16.6. The van der Waals surface area contributed by atoms with Crippen molar-refractivity contribution in [3.05, 3.63) is 53.6 Å². The molecular weight excluding hydrogens is 292 g/mol. The lowest BCUT2D eigenvalue weighted by Gasteiger charge is -2.25. The van der Waals surface area contributed by atoms with Crippen molar-refractivity contribution in [3.8, 4) is 17.2 Å². The van der Waals surface area contributed by atoms with Gasteiger partial charge in [-0.3, -0.25) is 4.79 Å². The first-order chi connectivity index (χ1) is 11.0. The Morgan fingerprint density at radius 2 is 1.78 bits per heavy atom. The summed E-state index contributed by atoms with van der Waals surface area (Å²) in [6, 6.07) is 13.0. The number of benzene rings is 2. The third kappa shape index (κ3) is 3.16. The molecule has 1 heterocycles. The Kier molecular flexibility index (Phi) is 3.99. The molecule has 120 valence electrons. The summed E-state index contributed by atoms with van der Waals surface area (Å²) in [5.74, 6) is 1.63. The lowest BCUT2D eigenvalue weighted by Crippen LogP contribution is -2.33. The summed E-state index contributed by atoms with van der Waals surface area (Å²) < 4.78 is 16.7. The van der Waals surface area contributed by atoms with Crippen molar-refractivity contribution < 1.29 is 19.0 Å². The lowest BCUT2D eigenvalue weighted by molar-refractivity contribution is -0.139. The number of carbonyl (C=O) groups excluding carboxylic acids is 1. The highest BCUT2D eigenvalue weighted by Crippen LogP contribution is 2.35. The zero-order valence-corrected chi connectivity index (χ0v) is 13.6. The van der Waals surface area contributed by atoms with E-state index in [1.807, 2.05) is 57.2 Å². The maximum Gasteiger partial charge on any atom is 0.321 e. The van der Waals surface area contributed by atoms with Gasteiger partial charge in [0.15, 0.2) is 11.5 Å². The predicted molar refractivity (Wildman–Crippen MR) is 87.3 cm³/mol. The van der Waals surface area contributed by atoms with E-state index in [0.29, 0.717) is 30.5 Å². The van der Waals surface area contributed by atoms with Crippen LogP contribution >= 0.6 is 0 Å². The third-order valence-corrected chi connectivity index (χ3v) is 3.97. The predicted octanol–water partition coefficient (Wildman–Crippen LogP) is 3.65. The van der Waals surface area contributed by atoms with E-state index in [1.165, 1.54) is 0 Å². The van der Waals surface area contributed by atoms with Crippen LogP contribution in [0.5, 0.6) is 17.2 Å². The van der Waals surface area contributed by atoms with Crippen LogP contribution < -0.4 is 14.2 Å². The Morgan fingerprint density at radius 1 is 1.04 bits per heavy atom. The first-order valence-corrected chi connectivity index (χ1v) is 7.66. The molecular formula is C19H20O4. The number of ether oxygens (including phenoxy) is 3. The fraction of sp³-hybridized carbons (Fsp3) is 0.316. The molecule has 0 atom stereocenters. The topological polar surface area (TPSA) is 44.8 Å². The van der Waals surface area contributed by atoms with Crippen LogP contribution in [0.2, 0.25) is 0 Å². The van der Waals surface area contributed by atoms with E-state index in [-0.39, 0.29) is 5.97 Å². The molecule has 1 aliphatic rings. The van der Waals surface area contributed by atoms with Gasteiger partial charge in [0.25, 0.3) is 0 Å². The molecule has 0 fully saturated rings. The molecule has 2 aromatic rings. The number of fused-ring (bicyclic) bond motifs is 1. The maximum absolute atomic E-state index is 12.6. The molecule has 3 rings (SSSR count). The lowest BCUT2D eigenvalue weighted by atomic mass is 9.84. The maximum atomic E-state index is 12.6. The number of aryl methyl sites for hydroxylation is 1. The molecule has 2 aromatic carbocycles. The molecule has 0 radical (unpaired) electrons. The molecule has 1 aliphatic heterocycles. The van der Waals surface area contributed by atoms with Gasteiger partial charge < -0.3 is 14.2 Å². The first kappa shape index (κ1) is 15.4. The van der Waals surface area contributed by atoms with Crippen LogP contribution in [-0.2, 0) is 10.2 Å². The van der Waals surface area contributed by atoms with Crippen LogP contribution in [0.25, 0.3) is 0 Å². The minimum atomic E-state index is -0.792. The van der Waals surface area contributed by atoms with Gasteiger partial charge in [-0.05, 0) is 56.2 Å². The van der Waals surface area contributed by atoms with Crippen LogP contribution in [0.3, 0.4) is 0 Å². The summed E-state index contributed by atoms with van der Waals surface area (Å²) in [5, 5.41) is 0. The van der Waals surface area contributed by atoms with Gasteiger partial charge in [-0.15, -0.1) is 0 Å². The molecule has 0 saturated heterocycles. The second-order valence-electron chi connectivity index (χ2n) is 6.19. The Hall–Kier alpha value is -2.49. The van der Waals surface area contributed by atoms with Gasteiger partial charge in [0.1, 0.15) is 19.0 Å². The summed E-state index contributed by atoms with van der Waals surface area (Å²) in [6.45, 7) is 6.71. The fourth-order valence-electron chi connectivity index (χ4n) is 2.46. The Morgan fingerprint density at radius 3 is 2.52 bits per heavy atom. The van der Waals surface area contributed by atoms with Gasteiger partial charge in [-0.2, -0.15) is 0 Å². The van der Waals surface area contributed by atoms with Crippen LogP contribution in [-0.4, -0.2) is 19.2 Å². The highest BCUT2D eigenvalue weighted by Gasteiger charge is 2.33. The number of hydrogen-bond acceptors (Lipinski definition) is 4. The average molecular weight is 312 g/mol. The molecule has 0 spiro atoms. The van der Waals surface area contributed by atoms with E-state index in [0.717, 1.165) is 11.1 Å². The summed E-state index contributed by atoms with van der Waals surface area (Å²) in [7, 11) is 0. The second kappa shape index (κ2) is 5.95. The monoisotopic (exact) mass is 312 g/mol. The van der Waals surface area contributed by atoms with Crippen molar-refractivity contribution in [2.45, 2.75) is 26.2 Å². The van der Waals surface area contributed by atoms with Crippen molar-refractivity contribution in [2.75, 3.05) is 13.2 Å². The van der Waals surface area contributed by atoms with Crippen molar-refractivity contribution in [2.24, 2.45) is 0 Å². The summed E-state index contributed by atoms with van der Waals surface area (Å²) >= 11 is 0. The summed E-state index contributed by atoms with van der Waals surface area (Å²) in [5.41, 5.74) is 1.09. The third-order valence-electron chi connectivity index (χ3n) is 3.97. The minimum absolute atomic E-state index is 0.306. The van der Waals surface area contributed by atoms with Crippen molar-refractivity contribution in [3.63, 3.8) is 0 Å². The Balaban J connectivity index is 1.84. The molecule has 0 saturated carbocycles. The van der Waals surface area contributed by atoms with Crippen LogP contribution in [0, 0.1) is 6.92 Å². The second-order valence-corrected chi connectivity index (χ2v) is 6.19. The standard InChI is InChI=1S/C19H20O4/c1-13-5-4-6-15(11-13)23-18(20)19(2,3)14-7-8-16-17(12-14)22-10-9-21-16/h4-8,11-12H,9-10H2,1-3H3. The summed E-state index contributed by atoms with van der Waals surface area (Å²) in [4.78, 5) is 12.6. The Labute approximate surface area is 136 Å². The molecule has 0 bridgehead atoms. The van der Waals surface area contributed by atoms with Crippen molar-refractivity contribution >= 4 is 5.97 Å². The van der Waals surface area contributed by atoms with E-state index < -0.39 is 5.41 Å². The van der Waals surface area contributed by atoms with E-state index in [1.54, 1.807) is 6.07 Å². The van der Waals surface area contributed by atoms with Crippen molar-refractivity contribution in [1.29, 1.82) is 0 Å². The number of rotatable bonds is 3. The van der Waals surface area contributed by atoms with Gasteiger partial charge in [-0.25, -0.2) is 0 Å². The quantitative estimate of drug-likeness (QED) is 0.641. The first-order valence-electron chi connectivity index (χ1n) is 7.66. The van der Waals surface area contributed by atoms with E-state index >= 15 is 0 Å². The molecule has 0 aliphatic carbocycles. The fourth-order valence-corrected chi connectivity index (χ4v) is 2.46. The van der Waals surface area contributed by atoms with Gasteiger partial charge in [0.05, 0.1) is 5.41 Å². The minimum Gasteiger partial charge on any atom is -0.486 e. The smallest absolute Gasteiger partial charge is 0.321 e. The number of esters is 1. The number of carbonyl (C=O) groups is 1. The number of hydrogen-bond donors (Lipinski definition) is 0. The van der Waals surface area contributed by atoms with Crippen LogP contribution in [0.1, 0.15) is 25.0 Å². The molecule has 4 nitrogen and oxygen atoms in total. The van der Waals surface area contributed by atoms with Gasteiger partial charge >= 0.3 is 5.97 Å². The largest absolute Gasteiger partial charge is 0.486 e. The zero-order valence-electron chi connectivity index (χ0n) is 13.6. The molecule has 0 amide bonds. The van der Waals surface area contributed by atoms with E-state index in [4.69, 9.17) is 14.2 Å². The average Bonchev–Trinajstić information content (AvgIpc) is 2.54. The van der Waals surface area contributed by atoms with E-state index in [9.17, 15) is 4.79 Å². The van der Waals surface area contributed by atoms with E-state index in [2.05, 4.69) is 0 Å². The van der Waals surface area contributed by atoms with Crippen LogP contribution in [0.4, 0.5) is 0 Å². The SMILES string of the molecule is Cc1cccc(OC(=O)C(C)(C)c2ccc3c(c2)OCCO3)c1. The highest BCUT2D eigenvalue weighted by molar-refractivity contribution is 5.84. The normalized spacial score (nSPS) is 13.5. The van der Waals surface area contributed by atoms with Gasteiger partial charge in [-0.1, -0.05) is 18.2 Å². The molecule has 0 aromatic heterocycles. The van der Waals surface area contributed by atoms with Gasteiger partial charge in [0, 0.05) is 0 Å². The molecule has 23 heavy (non-hydrogen) atoms. The summed E-state index contributed by atoms with van der Waals surface area (Å²) in [6.07, 6.45) is 0. The molecule has 0 N–H and O–H groups in total.